The second-order valence-corrected chi connectivity index (χ2v) is 8.70. The minimum atomic E-state index is -2.57. The molecule has 2 aliphatic carbocycles. The molecule has 0 atom stereocenters. The van der Waals surface area contributed by atoms with E-state index in [9.17, 15) is 13.6 Å². The van der Waals surface area contributed by atoms with Crippen LogP contribution in [0.15, 0.2) is 48.6 Å². The first-order valence-corrected chi connectivity index (χ1v) is 10.9. The molecule has 1 fully saturated rings. The molecule has 4 heteroatoms. The fourth-order valence-electron chi connectivity index (χ4n) is 4.75. The van der Waals surface area contributed by atoms with Gasteiger partial charge in [-0.05, 0) is 48.6 Å². The summed E-state index contributed by atoms with van der Waals surface area (Å²) >= 11 is 3.84. The monoisotopic (exact) mass is 404 g/mol. The van der Waals surface area contributed by atoms with Crippen LogP contribution in [0.2, 0.25) is 0 Å². The summed E-state index contributed by atoms with van der Waals surface area (Å²) in [6, 6.07) is 7.65. The quantitative estimate of drug-likeness (QED) is 0.388. The fourth-order valence-corrected chi connectivity index (χ4v) is 4.93. The van der Waals surface area contributed by atoms with Crippen molar-refractivity contribution in [1.82, 2.24) is 0 Å². The molecular formula is C24H30F2OS. The van der Waals surface area contributed by atoms with Gasteiger partial charge in [-0.2, -0.15) is 0 Å². The number of rotatable bonds is 7. The topological polar surface area (TPSA) is 17.1 Å². The maximum Gasteiger partial charge on any atom is 0.255 e. The standard InChI is InChI=1S/C24H30F2OS/c1-2-3-6-17-9-11-18(12-10-17)20-7-4-5-8-21(20)24(23(25)26)15-13-19(14-16-24)22(27)28/h4-5,7-8,13-19,23H,2-3,6,9-12H2,1H3,(H,27,28)/t17-,18-,19?,24?. The van der Waals surface area contributed by atoms with E-state index >= 15 is 0 Å². The van der Waals surface area contributed by atoms with Gasteiger partial charge in [0.05, 0.1) is 11.3 Å². The number of carbonyl (C=O) groups is 1. The summed E-state index contributed by atoms with van der Waals surface area (Å²) in [5, 5.41) is -0.325. The third kappa shape index (κ3) is 4.42. The van der Waals surface area contributed by atoms with Crippen molar-refractivity contribution in [2.24, 2.45) is 11.8 Å². The SMILES string of the molecule is CCCC[C@H]1CC[C@H](c2ccccc2C2(C(F)F)C=CC(C(=O)S)C=C2)CC1. The van der Waals surface area contributed by atoms with Crippen LogP contribution in [0.5, 0.6) is 0 Å². The van der Waals surface area contributed by atoms with Gasteiger partial charge in [-0.25, -0.2) is 8.78 Å². The molecule has 1 saturated carbocycles. The van der Waals surface area contributed by atoms with E-state index in [2.05, 4.69) is 19.6 Å². The lowest BCUT2D eigenvalue weighted by atomic mass is 9.69. The first-order valence-electron chi connectivity index (χ1n) is 10.5. The number of carbonyl (C=O) groups excluding carboxylic acids is 1. The lowest BCUT2D eigenvalue weighted by molar-refractivity contribution is -0.112. The Morgan fingerprint density at radius 2 is 1.79 bits per heavy atom. The molecule has 0 heterocycles. The van der Waals surface area contributed by atoms with Crippen LogP contribution >= 0.6 is 12.6 Å². The van der Waals surface area contributed by atoms with Crippen molar-refractivity contribution >= 4 is 17.7 Å². The summed E-state index contributed by atoms with van der Waals surface area (Å²) in [5.74, 6) is 0.580. The van der Waals surface area contributed by atoms with E-state index in [0.29, 0.717) is 11.5 Å². The predicted octanol–water partition coefficient (Wildman–Crippen LogP) is 6.85. The third-order valence-corrected chi connectivity index (χ3v) is 6.78. The van der Waals surface area contributed by atoms with Crippen LogP contribution in [0.1, 0.15) is 68.9 Å². The molecule has 2 aliphatic rings. The molecule has 1 aromatic carbocycles. The van der Waals surface area contributed by atoms with Crippen LogP contribution in [0, 0.1) is 11.8 Å². The molecule has 3 rings (SSSR count). The van der Waals surface area contributed by atoms with Crippen LogP contribution in [0.25, 0.3) is 0 Å². The minimum absolute atomic E-state index is 0.325. The summed E-state index contributed by atoms with van der Waals surface area (Å²) in [5.41, 5.74) is 0.260. The number of hydrogen-bond acceptors (Lipinski definition) is 1. The number of unbranched alkanes of at least 4 members (excludes halogenated alkanes) is 1. The van der Waals surface area contributed by atoms with Crippen molar-refractivity contribution in [2.75, 3.05) is 0 Å². The Balaban J connectivity index is 1.86. The molecule has 0 bridgehead atoms. The smallest absolute Gasteiger partial charge is 0.255 e. The minimum Gasteiger partial charge on any atom is -0.286 e. The van der Waals surface area contributed by atoms with Gasteiger partial charge < -0.3 is 0 Å². The molecular weight excluding hydrogens is 374 g/mol. The van der Waals surface area contributed by atoms with Crippen molar-refractivity contribution < 1.29 is 13.6 Å². The van der Waals surface area contributed by atoms with E-state index in [1.54, 1.807) is 12.2 Å². The summed E-state index contributed by atoms with van der Waals surface area (Å²) < 4.78 is 28.7. The largest absolute Gasteiger partial charge is 0.286 e. The molecule has 0 aliphatic heterocycles. The van der Waals surface area contributed by atoms with Gasteiger partial charge in [0.1, 0.15) is 0 Å². The van der Waals surface area contributed by atoms with Crippen LogP contribution in [0.4, 0.5) is 8.78 Å². The van der Waals surface area contributed by atoms with Gasteiger partial charge in [-0.3, -0.25) is 4.79 Å². The lowest BCUT2D eigenvalue weighted by Crippen LogP contribution is -2.34. The second-order valence-electron chi connectivity index (χ2n) is 8.26. The van der Waals surface area contributed by atoms with E-state index in [0.717, 1.165) is 24.3 Å². The Labute approximate surface area is 172 Å². The van der Waals surface area contributed by atoms with Gasteiger partial charge in [-0.15, -0.1) is 12.6 Å². The number of allylic oxidation sites excluding steroid dienone is 4. The summed E-state index contributed by atoms with van der Waals surface area (Å²) in [6.45, 7) is 2.22. The average Bonchev–Trinajstić information content (AvgIpc) is 2.72. The zero-order chi connectivity index (χ0) is 20.1. The van der Waals surface area contributed by atoms with Crippen LogP contribution in [0.3, 0.4) is 0 Å². The Bertz CT molecular complexity index is 718. The van der Waals surface area contributed by atoms with Gasteiger partial charge in [0, 0.05) is 0 Å². The number of benzene rings is 1. The van der Waals surface area contributed by atoms with Crippen molar-refractivity contribution in [3.8, 4) is 0 Å². The summed E-state index contributed by atoms with van der Waals surface area (Å²) in [7, 11) is 0. The van der Waals surface area contributed by atoms with E-state index in [1.807, 2.05) is 24.3 Å². The molecule has 0 aromatic heterocycles. The number of thiol groups is 1. The Hall–Kier alpha value is -1.42. The highest BCUT2D eigenvalue weighted by atomic mass is 32.1. The van der Waals surface area contributed by atoms with Gasteiger partial charge in [0.25, 0.3) is 6.43 Å². The van der Waals surface area contributed by atoms with Crippen molar-refractivity contribution in [3.63, 3.8) is 0 Å². The molecule has 1 aromatic rings. The van der Waals surface area contributed by atoms with E-state index < -0.39 is 17.8 Å². The average molecular weight is 405 g/mol. The van der Waals surface area contributed by atoms with E-state index in [-0.39, 0.29) is 5.12 Å². The van der Waals surface area contributed by atoms with Crippen molar-refractivity contribution in [1.29, 1.82) is 0 Å². The summed E-state index contributed by atoms with van der Waals surface area (Å²) in [4.78, 5) is 11.5. The van der Waals surface area contributed by atoms with Crippen molar-refractivity contribution in [3.05, 3.63) is 59.7 Å². The fraction of sp³-hybridized carbons (Fsp3) is 0.542. The van der Waals surface area contributed by atoms with Gasteiger partial charge in [0.2, 0.25) is 0 Å². The van der Waals surface area contributed by atoms with Crippen LogP contribution in [-0.2, 0) is 10.2 Å². The highest BCUT2D eigenvalue weighted by molar-refractivity contribution is 7.96. The normalized spacial score (nSPS) is 30.0. The highest BCUT2D eigenvalue weighted by Gasteiger charge is 2.41. The maximum atomic E-state index is 14.3. The Morgan fingerprint density at radius 3 is 2.36 bits per heavy atom. The van der Waals surface area contributed by atoms with Gasteiger partial charge in [0.15, 0.2) is 5.12 Å². The molecule has 0 N–H and O–H groups in total. The number of alkyl halides is 2. The first-order chi connectivity index (χ1) is 13.5. The summed E-state index contributed by atoms with van der Waals surface area (Å²) in [6.07, 6.45) is 11.9. The van der Waals surface area contributed by atoms with E-state index in [4.69, 9.17) is 0 Å². The van der Waals surface area contributed by atoms with Crippen LogP contribution in [-0.4, -0.2) is 11.5 Å². The zero-order valence-electron chi connectivity index (χ0n) is 16.5. The first kappa shape index (κ1) is 21.3. The molecule has 0 unspecified atom stereocenters. The Kier molecular flexibility index (Phi) is 7.14. The number of halogens is 2. The Morgan fingerprint density at radius 1 is 1.14 bits per heavy atom. The molecule has 28 heavy (non-hydrogen) atoms. The lowest BCUT2D eigenvalue weighted by Gasteiger charge is -2.36. The second kappa shape index (κ2) is 9.39. The number of hydrogen-bond donors (Lipinski definition) is 1. The predicted molar refractivity (Wildman–Crippen MR) is 114 cm³/mol. The van der Waals surface area contributed by atoms with Crippen LogP contribution < -0.4 is 0 Å². The van der Waals surface area contributed by atoms with Crippen molar-refractivity contribution in [2.45, 2.75) is 69.6 Å². The zero-order valence-corrected chi connectivity index (χ0v) is 17.4. The molecule has 0 amide bonds. The third-order valence-electron chi connectivity index (χ3n) is 6.48. The molecule has 1 nitrogen and oxygen atoms in total. The highest BCUT2D eigenvalue weighted by Crippen LogP contribution is 2.45. The van der Waals surface area contributed by atoms with Gasteiger partial charge >= 0.3 is 0 Å². The molecule has 152 valence electrons. The van der Waals surface area contributed by atoms with E-state index in [1.165, 1.54) is 44.3 Å². The molecule has 0 radical (unpaired) electrons. The molecule has 0 saturated heterocycles. The molecule has 0 spiro atoms. The van der Waals surface area contributed by atoms with Gasteiger partial charge in [-0.1, -0.05) is 74.8 Å². The maximum absolute atomic E-state index is 14.3.